The highest BCUT2D eigenvalue weighted by atomic mass is 16.2. The van der Waals surface area contributed by atoms with E-state index in [1.807, 2.05) is 30.3 Å². The number of benzene rings is 2. The summed E-state index contributed by atoms with van der Waals surface area (Å²) in [5, 5.41) is 0. The van der Waals surface area contributed by atoms with E-state index in [9.17, 15) is 9.59 Å². The van der Waals surface area contributed by atoms with Crippen LogP contribution in [0, 0.1) is 11.8 Å². The minimum absolute atomic E-state index is 0.0960. The smallest absolute Gasteiger partial charge is 0.245 e. The molecule has 0 amide bonds. The van der Waals surface area contributed by atoms with Crippen LogP contribution in [0.15, 0.2) is 76.3 Å². The van der Waals surface area contributed by atoms with Crippen LogP contribution >= 0.6 is 0 Å². The Morgan fingerprint density at radius 2 is 1.12 bits per heavy atom. The Labute approximate surface area is 143 Å². The first-order chi connectivity index (χ1) is 12.3. The van der Waals surface area contributed by atoms with Gasteiger partial charge < -0.3 is 0 Å². The van der Waals surface area contributed by atoms with E-state index in [1.165, 1.54) is 15.7 Å². The van der Waals surface area contributed by atoms with Gasteiger partial charge in [0.15, 0.2) is 0 Å². The Morgan fingerprint density at radius 3 is 1.60 bits per heavy atom. The average Bonchev–Trinajstić information content (AvgIpc) is 2.88. The number of rotatable bonds is 1. The van der Waals surface area contributed by atoms with Gasteiger partial charge in [-0.15, -0.1) is 0 Å². The molecule has 0 spiro atoms. The van der Waals surface area contributed by atoms with Crippen LogP contribution in [-0.2, 0) is 0 Å². The summed E-state index contributed by atoms with van der Waals surface area (Å²) in [7, 11) is 0. The van der Waals surface area contributed by atoms with Crippen molar-refractivity contribution in [2.75, 3.05) is 0 Å². The zero-order chi connectivity index (χ0) is 16.7. The molecule has 3 aromatic rings. The zero-order valence-corrected chi connectivity index (χ0v) is 13.3. The standard InChI is InChI=1S/C20H15N3O2/c24-19-21(12-6-2-1-3-7-12)20(25)23-18-14-9-5-4-8-13(14)17(22(19)23)15-10-11-16(15)18/h1-11,15-18H/t15-,16-,17+,18+/m1/s1. The SMILES string of the molecule is O=c1n(-c2ccccc2)c(=O)n2n1[C@H]1c3ccccc3[C@H]2[C@@H]2C=C[C@H]21. The van der Waals surface area contributed by atoms with Crippen LogP contribution in [0.3, 0.4) is 0 Å². The molecule has 4 atom stereocenters. The van der Waals surface area contributed by atoms with Gasteiger partial charge in [-0.05, 0) is 23.3 Å². The van der Waals surface area contributed by atoms with Gasteiger partial charge in [0.25, 0.3) is 0 Å². The van der Waals surface area contributed by atoms with Gasteiger partial charge in [-0.25, -0.2) is 23.5 Å². The Hall–Kier alpha value is -3.08. The predicted octanol–water partition coefficient (Wildman–Crippen LogP) is 2.11. The highest BCUT2D eigenvalue weighted by Crippen LogP contribution is 2.55. The van der Waals surface area contributed by atoms with E-state index in [0.29, 0.717) is 17.5 Å². The quantitative estimate of drug-likeness (QED) is 0.642. The number of aromatic nitrogens is 3. The van der Waals surface area contributed by atoms with Crippen LogP contribution in [-0.4, -0.2) is 13.9 Å². The van der Waals surface area contributed by atoms with Crippen molar-refractivity contribution in [3.05, 3.63) is 98.8 Å². The van der Waals surface area contributed by atoms with E-state index >= 15 is 0 Å². The minimum Gasteiger partial charge on any atom is -0.245 e. The second kappa shape index (κ2) is 4.30. The molecule has 4 aliphatic rings. The molecule has 0 saturated heterocycles. The number of nitrogens with zero attached hydrogens (tertiary/aromatic N) is 3. The fourth-order valence-corrected chi connectivity index (χ4v) is 4.83. The van der Waals surface area contributed by atoms with Crippen LogP contribution in [0.25, 0.3) is 5.69 Å². The van der Waals surface area contributed by atoms with Gasteiger partial charge in [-0.1, -0.05) is 54.6 Å². The molecule has 2 aliphatic heterocycles. The van der Waals surface area contributed by atoms with Gasteiger partial charge in [0, 0.05) is 11.8 Å². The van der Waals surface area contributed by atoms with Crippen LogP contribution in [0.4, 0.5) is 0 Å². The highest BCUT2D eigenvalue weighted by Gasteiger charge is 2.53. The summed E-state index contributed by atoms with van der Waals surface area (Å²) in [5.41, 5.74) is 2.46. The zero-order valence-electron chi connectivity index (χ0n) is 13.3. The molecule has 0 saturated carbocycles. The lowest BCUT2D eigenvalue weighted by molar-refractivity contribution is 0.122. The van der Waals surface area contributed by atoms with Crippen LogP contribution < -0.4 is 11.4 Å². The summed E-state index contributed by atoms with van der Waals surface area (Å²) >= 11 is 0. The summed E-state index contributed by atoms with van der Waals surface area (Å²) in [4.78, 5) is 26.4. The number of allylic oxidation sites excluding steroid dienone is 2. The minimum atomic E-state index is -0.251. The summed E-state index contributed by atoms with van der Waals surface area (Å²) in [6.45, 7) is 0. The maximum absolute atomic E-state index is 13.2. The summed E-state index contributed by atoms with van der Waals surface area (Å²) in [5.74, 6) is 0.590. The number of para-hydroxylation sites is 1. The summed E-state index contributed by atoms with van der Waals surface area (Å²) in [6.07, 6.45) is 4.36. The fourth-order valence-electron chi connectivity index (χ4n) is 4.83. The summed E-state index contributed by atoms with van der Waals surface area (Å²) in [6, 6.07) is 17.2. The molecule has 1 aromatic heterocycles. The van der Waals surface area contributed by atoms with E-state index in [4.69, 9.17) is 0 Å². The molecule has 3 heterocycles. The lowest BCUT2D eigenvalue weighted by Crippen LogP contribution is -2.53. The molecule has 0 N–H and O–H groups in total. The maximum atomic E-state index is 13.2. The van der Waals surface area contributed by atoms with Gasteiger partial charge in [0.1, 0.15) is 0 Å². The molecular formula is C20H15N3O2. The molecule has 2 aliphatic carbocycles. The molecule has 0 fully saturated rings. The largest absolute Gasteiger partial charge is 0.352 e. The van der Waals surface area contributed by atoms with Crippen LogP contribution in [0.5, 0.6) is 0 Å². The maximum Gasteiger partial charge on any atom is 0.352 e. The first-order valence-electron chi connectivity index (χ1n) is 8.56. The molecule has 5 heteroatoms. The molecule has 2 aromatic carbocycles. The average molecular weight is 329 g/mol. The van der Waals surface area contributed by atoms with Crippen molar-refractivity contribution in [3.8, 4) is 5.69 Å². The molecule has 122 valence electrons. The Bertz CT molecular complexity index is 1100. The monoisotopic (exact) mass is 329 g/mol. The third kappa shape index (κ3) is 1.41. The third-order valence-corrected chi connectivity index (χ3v) is 5.91. The van der Waals surface area contributed by atoms with Crippen molar-refractivity contribution < 1.29 is 0 Å². The van der Waals surface area contributed by atoms with Crippen LogP contribution in [0.2, 0.25) is 0 Å². The normalized spacial score (nSPS) is 27.4. The van der Waals surface area contributed by atoms with Gasteiger partial charge in [-0.3, -0.25) is 0 Å². The van der Waals surface area contributed by atoms with Crippen molar-refractivity contribution in [3.63, 3.8) is 0 Å². The Kier molecular flexibility index (Phi) is 2.28. The molecule has 5 nitrogen and oxygen atoms in total. The Morgan fingerprint density at radius 1 is 0.640 bits per heavy atom. The van der Waals surface area contributed by atoms with Crippen LogP contribution in [0.1, 0.15) is 23.2 Å². The van der Waals surface area contributed by atoms with Crippen molar-refractivity contribution in [2.45, 2.75) is 12.1 Å². The second-order valence-electron chi connectivity index (χ2n) is 6.98. The van der Waals surface area contributed by atoms with Crippen molar-refractivity contribution >= 4 is 0 Å². The van der Waals surface area contributed by atoms with Gasteiger partial charge in [0.05, 0.1) is 17.8 Å². The van der Waals surface area contributed by atoms with Crippen molar-refractivity contribution in [2.24, 2.45) is 11.8 Å². The summed E-state index contributed by atoms with van der Waals surface area (Å²) < 4.78 is 4.68. The van der Waals surface area contributed by atoms with Gasteiger partial charge in [-0.2, -0.15) is 0 Å². The van der Waals surface area contributed by atoms with E-state index in [-0.39, 0.29) is 23.5 Å². The third-order valence-electron chi connectivity index (χ3n) is 5.91. The highest BCUT2D eigenvalue weighted by molar-refractivity contribution is 5.45. The molecule has 0 unspecified atom stereocenters. The van der Waals surface area contributed by atoms with Crippen molar-refractivity contribution in [1.82, 2.24) is 13.9 Å². The molecule has 7 rings (SSSR count). The fraction of sp³-hybridized carbons (Fsp3) is 0.200. The van der Waals surface area contributed by atoms with Gasteiger partial charge >= 0.3 is 11.4 Å². The lowest BCUT2D eigenvalue weighted by atomic mass is 9.63. The molecular weight excluding hydrogens is 314 g/mol. The lowest BCUT2D eigenvalue weighted by Gasteiger charge is -2.51. The van der Waals surface area contributed by atoms with E-state index in [1.54, 1.807) is 21.5 Å². The van der Waals surface area contributed by atoms with E-state index in [2.05, 4.69) is 24.3 Å². The van der Waals surface area contributed by atoms with E-state index in [0.717, 1.165) is 0 Å². The second-order valence-corrected chi connectivity index (χ2v) is 6.98. The molecule has 2 bridgehead atoms. The van der Waals surface area contributed by atoms with E-state index < -0.39 is 0 Å². The predicted molar refractivity (Wildman–Crippen MR) is 93.1 cm³/mol. The number of hydrogen-bond donors (Lipinski definition) is 0. The first kappa shape index (κ1) is 13.2. The first-order valence-corrected chi connectivity index (χ1v) is 8.56. The Balaban J connectivity index is 1.71. The molecule has 25 heavy (non-hydrogen) atoms. The number of hydrogen-bond acceptors (Lipinski definition) is 2. The topological polar surface area (TPSA) is 48.9 Å². The van der Waals surface area contributed by atoms with Gasteiger partial charge in [0.2, 0.25) is 0 Å². The van der Waals surface area contributed by atoms with Crippen molar-refractivity contribution in [1.29, 1.82) is 0 Å². The molecule has 0 radical (unpaired) electrons.